The van der Waals surface area contributed by atoms with Gasteiger partial charge in [0.2, 0.25) is 0 Å². The van der Waals surface area contributed by atoms with E-state index >= 15 is 0 Å². The quantitative estimate of drug-likeness (QED) is 0.663. The van der Waals surface area contributed by atoms with Gasteiger partial charge in [-0.15, -0.1) is 0 Å². The minimum atomic E-state index is -0.538. The zero-order chi connectivity index (χ0) is 19.1. The van der Waals surface area contributed by atoms with E-state index in [-0.39, 0.29) is 5.56 Å². The standard InChI is InChI=1S/C22H21FN2O/c1-5-6-16(2)13-22(17-7-8-18(15-24)21(23)14-17)25(3)19-9-11-20(26-4)12-10-19/h5-14H,1H2,2-4H3/b16-6?,22-13-. The van der Waals surface area contributed by atoms with Crippen molar-refractivity contribution in [3.05, 3.63) is 89.8 Å². The van der Waals surface area contributed by atoms with Crippen molar-refractivity contribution in [2.24, 2.45) is 0 Å². The smallest absolute Gasteiger partial charge is 0.141 e. The highest BCUT2D eigenvalue weighted by atomic mass is 19.1. The van der Waals surface area contributed by atoms with Gasteiger partial charge in [0.1, 0.15) is 17.6 Å². The normalized spacial score (nSPS) is 11.7. The van der Waals surface area contributed by atoms with Gasteiger partial charge < -0.3 is 9.64 Å². The average molecular weight is 348 g/mol. The molecule has 2 rings (SSSR count). The first-order chi connectivity index (χ1) is 12.5. The highest BCUT2D eigenvalue weighted by Crippen LogP contribution is 2.28. The molecule has 4 heteroatoms. The fraction of sp³-hybridized carbons (Fsp3) is 0.136. The molecule has 2 aromatic carbocycles. The number of benzene rings is 2. The number of anilines is 1. The molecule has 0 amide bonds. The molecule has 0 atom stereocenters. The molecule has 0 spiro atoms. The number of hydrogen-bond donors (Lipinski definition) is 0. The second kappa shape index (κ2) is 8.68. The Morgan fingerprint density at radius 1 is 1.23 bits per heavy atom. The highest BCUT2D eigenvalue weighted by molar-refractivity contribution is 5.80. The number of nitriles is 1. The van der Waals surface area contributed by atoms with E-state index in [0.717, 1.165) is 22.7 Å². The van der Waals surface area contributed by atoms with E-state index in [1.165, 1.54) is 12.1 Å². The summed E-state index contributed by atoms with van der Waals surface area (Å²) in [6.07, 6.45) is 5.53. The summed E-state index contributed by atoms with van der Waals surface area (Å²) in [5.41, 5.74) is 3.40. The largest absolute Gasteiger partial charge is 0.497 e. The third kappa shape index (κ3) is 4.40. The van der Waals surface area contributed by atoms with Crippen LogP contribution in [0.1, 0.15) is 18.1 Å². The molecule has 0 bridgehead atoms. The zero-order valence-electron chi connectivity index (χ0n) is 15.2. The lowest BCUT2D eigenvalue weighted by atomic mass is 10.0. The molecule has 0 unspecified atom stereocenters. The van der Waals surface area contributed by atoms with Crippen molar-refractivity contribution >= 4 is 11.4 Å². The molecule has 26 heavy (non-hydrogen) atoms. The molecule has 132 valence electrons. The van der Waals surface area contributed by atoms with Crippen molar-refractivity contribution < 1.29 is 9.13 Å². The zero-order valence-corrected chi connectivity index (χ0v) is 15.2. The van der Waals surface area contributed by atoms with Crippen LogP contribution in [0.4, 0.5) is 10.1 Å². The van der Waals surface area contributed by atoms with Crippen LogP contribution in [0.3, 0.4) is 0 Å². The van der Waals surface area contributed by atoms with E-state index in [4.69, 9.17) is 10.00 Å². The van der Waals surface area contributed by atoms with Crippen LogP contribution >= 0.6 is 0 Å². The Bertz CT molecular complexity index is 889. The molecule has 2 aromatic rings. The van der Waals surface area contributed by atoms with Crippen LogP contribution < -0.4 is 9.64 Å². The molecule has 0 saturated heterocycles. The highest BCUT2D eigenvalue weighted by Gasteiger charge is 2.13. The lowest BCUT2D eigenvalue weighted by molar-refractivity contribution is 0.415. The Balaban J connectivity index is 2.53. The van der Waals surface area contributed by atoms with E-state index in [1.54, 1.807) is 19.3 Å². The minimum Gasteiger partial charge on any atom is -0.497 e. The summed E-state index contributed by atoms with van der Waals surface area (Å²) < 4.78 is 19.3. The van der Waals surface area contributed by atoms with E-state index in [2.05, 4.69) is 6.58 Å². The fourth-order valence-corrected chi connectivity index (χ4v) is 2.53. The lowest BCUT2D eigenvalue weighted by Crippen LogP contribution is -2.16. The Morgan fingerprint density at radius 3 is 2.46 bits per heavy atom. The average Bonchev–Trinajstić information content (AvgIpc) is 2.66. The van der Waals surface area contributed by atoms with E-state index in [1.807, 2.05) is 61.4 Å². The van der Waals surface area contributed by atoms with Gasteiger partial charge in [-0.2, -0.15) is 5.26 Å². The van der Waals surface area contributed by atoms with Gasteiger partial charge >= 0.3 is 0 Å². The second-order valence-corrected chi connectivity index (χ2v) is 5.74. The summed E-state index contributed by atoms with van der Waals surface area (Å²) in [5.74, 6) is 0.226. The Labute approximate surface area is 154 Å². The topological polar surface area (TPSA) is 36.3 Å². The van der Waals surface area contributed by atoms with Crippen molar-refractivity contribution in [2.45, 2.75) is 6.92 Å². The first-order valence-electron chi connectivity index (χ1n) is 8.09. The molecule has 0 radical (unpaired) electrons. The number of methoxy groups -OCH3 is 1. The van der Waals surface area contributed by atoms with Gasteiger partial charge in [-0.1, -0.05) is 24.8 Å². The third-order valence-electron chi connectivity index (χ3n) is 3.95. The number of allylic oxidation sites excluding steroid dienone is 4. The number of ether oxygens (including phenoxy) is 1. The van der Waals surface area contributed by atoms with Gasteiger partial charge in [0, 0.05) is 24.0 Å². The molecule has 0 aliphatic rings. The molecule has 0 saturated carbocycles. The van der Waals surface area contributed by atoms with Crippen molar-refractivity contribution in [1.82, 2.24) is 0 Å². The minimum absolute atomic E-state index is 0.0264. The predicted molar refractivity (Wildman–Crippen MR) is 104 cm³/mol. The summed E-state index contributed by atoms with van der Waals surface area (Å²) in [5, 5.41) is 8.95. The molecular weight excluding hydrogens is 327 g/mol. The van der Waals surface area contributed by atoms with Gasteiger partial charge in [-0.3, -0.25) is 0 Å². The van der Waals surface area contributed by atoms with Crippen molar-refractivity contribution in [1.29, 1.82) is 5.26 Å². The monoisotopic (exact) mass is 348 g/mol. The first-order valence-corrected chi connectivity index (χ1v) is 8.09. The van der Waals surface area contributed by atoms with Gasteiger partial charge in [-0.25, -0.2) is 4.39 Å². The van der Waals surface area contributed by atoms with Crippen LogP contribution in [0.25, 0.3) is 5.70 Å². The molecule has 0 heterocycles. The van der Waals surface area contributed by atoms with Crippen molar-refractivity contribution in [2.75, 3.05) is 19.1 Å². The van der Waals surface area contributed by atoms with E-state index in [0.29, 0.717) is 5.56 Å². The Hall–Kier alpha value is -3.32. The number of halogens is 1. The SMILES string of the molecule is C=CC=C(C)/C=C(/c1ccc(C#N)c(F)c1)N(C)c1ccc(OC)cc1. The molecule has 3 nitrogen and oxygen atoms in total. The van der Waals surface area contributed by atoms with Gasteiger partial charge in [0.15, 0.2) is 0 Å². The molecule has 0 aromatic heterocycles. The van der Waals surface area contributed by atoms with E-state index in [9.17, 15) is 4.39 Å². The van der Waals surface area contributed by atoms with Crippen molar-refractivity contribution in [3.63, 3.8) is 0 Å². The molecule has 0 fully saturated rings. The Kier molecular flexibility index (Phi) is 6.35. The Morgan fingerprint density at radius 2 is 1.92 bits per heavy atom. The molecule has 0 aliphatic heterocycles. The molecule has 0 N–H and O–H groups in total. The summed E-state index contributed by atoms with van der Waals surface area (Å²) in [7, 11) is 3.53. The molecular formula is C22H21FN2O. The number of hydrogen-bond acceptors (Lipinski definition) is 3. The van der Waals surface area contributed by atoms with Crippen LogP contribution in [0.15, 0.2) is 72.8 Å². The summed E-state index contributed by atoms with van der Waals surface area (Å²) in [6, 6.07) is 14.1. The fourth-order valence-electron chi connectivity index (χ4n) is 2.53. The maximum atomic E-state index is 14.1. The van der Waals surface area contributed by atoms with Gasteiger partial charge in [0.05, 0.1) is 12.7 Å². The maximum absolute atomic E-state index is 14.1. The van der Waals surface area contributed by atoms with Crippen LogP contribution in [-0.4, -0.2) is 14.2 Å². The lowest BCUT2D eigenvalue weighted by Gasteiger charge is -2.24. The molecule has 0 aliphatic carbocycles. The van der Waals surface area contributed by atoms with Crippen molar-refractivity contribution in [3.8, 4) is 11.8 Å². The summed E-state index contributed by atoms with van der Waals surface area (Å²) in [4.78, 5) is 1.96. The van der Waals surface area contributed by atoms with Gasteiger partial charge in [0.25, 0.3) is 0 Å². The second-order valence-electron chi connectivity index (χ2n) is 5.74. The van der Waals surface area contributed by atoms with Crippen LogP contribution in [0.5, 0.6) is 5.75 Å². The first kappa shape index (κ1) is 19.0. The van der Waals surface area contributed by atoms with E-state index < -0.39 is 5.82 Å². The van der Waals surface area contributed by atoms with Crippen LogP contribution in [-0.2, 0) is 0 Å². The summed E-state index contributed by atoms with van der Waals surface area (Å²) >= 11 is 0. The van der Waals surface area contributed by atoms with Crippen LogP contribution in [0, 0.1) is 17.1 Å². The number of nitrogens with zero attached hydrogens (tertiary/aromatic N) is 2. The maximum Gasteiger partial charge on any atom is 0.141 e. The van der Waals surface area contributed by atoms with Crippen LogP contribution in [0.2, 0.25) is 0 Å². The summed E-state index contributed by atoms with van der Waals surface area (Å²) in [6.45, 7) is 5.66. The number of rotatable bonds is 6. The predicted octanol–water partition coefficient (Wildman–Crippen LogP) is 5.32. The van der Waals surface area contributed by atoms with Gasteiger partial charge in [-0.05, 0) is 55.0 Å². The third-order valence-corrected chi connectivity index (χ3v) is 3.95.